The average molecular weight is 428 g/mol. The number of sulfonamides is 1. The van der Waals surface area contributed by atoms with Gasteiger partial charge in [-0.05, 0) is 26.2 Å². The molecule has 0 radical (unpaired) electrons. The molecule has 6 nitrogen and oxygen atoms in total. The first kappa shape index (κ1) is 18.7. The molecule has 2 aliphatic rings. The van der Waals surface area contributed by atoms with Gasteiger partial charge in [-0.15, -0.1) is 24.0 Å². The first-order valence-electron chi connectivity index (χ1n) is 7.29. The van der Waals surface area contributed by atoms with Crippen LogP contribution in [0.15, 0.2) is 17.1 Å². The van der Waals surface area contributed by atoms with Crippen LogP contribution in [0.4, 0.5) is 0 Å². The molecule has 2 rings (SSSR count). The zero-order chi connectivity index (χ0) is 14.4. The lowest BCUT2D eigenvalue weighted by atomic mass is 10.2. The molecule has 1 fully saturated rings. The minimum atomic E-state index is -3.01. The Morgan fingerprint density at radius 1 is 1.38 bits per heavy atom. The van der Waals surface area contributed by atoms with Crippen LogP contribution in [0, 0.1) is 0 Å². The predicted molar refractivity (Wildman–Crippen MR) is 96.7 cm³/mol. The first-order chi connectivity index (χ1) is 9.62. The standard InChI is InChI=1S/C13H24N4O2S.HI/c1-2-14-13(16-12-6-3-4-7-12)15-8-10-17-9-5-11-20(17,18)19;/h3-4,12H,2,5-11H2,1H3,(H2,14,15,16);1H. The number of hydrogen-bond donors (Lipinski definition) is 2. The molecule has 122 valence electrons. The highest BCUT2D eigenvalue weighted by molar-refractivity contribution is 14.0. The zero-order valence-corrected chi connectivity index (χ0v) is 15.6. The molecule has 8 heteroatoms. The molecule has 0 atom stereocenters. The Morgan fingerprint density at radius 2 is 2.10 bits per heavy atom. The number of nitrogens with zero attached hydrogens (tertiary/aromatic N) is 2. The molecular formula is C13H25IN4O2S. The second-order valence-electron chi connectivity index (χ2n) is 5.11. The predicted octanol–water partition coefficient (Wildman–Crippen LogP) is 0.914. The summed E-state index contributed by atoms with van der Waals surface area (Å²) in [5.74, 6) is 1.06. The fourth-order valence-corrected chi connectivity index (χ4v) is 3.98. The van der Waals surface area contributed by atoms with Gasteiger partial charge in [0.2, 0.25) is 10.0 Å². The van der Waals surface area contributed by atoms with E-state index >= 15 is 0 Å². The van der Waals surface area contributed by atoms with Gasteiger partial charge in [-0.2, -0.15) is 0 Å². The van der Waals surface area contributed by atoms with E-state index in [9.17, 15) is 8.42 Å². The van der Waals surface area contributed by atoms with E-state index in [0.717, 1.165) is 31.8 Å². The zero-order valence-electron chi connectivity index (χ0n) is 12.4. The van der Waals surface area contributed by atoms with Crippen LogP contribution in [0.3, 0.4) is 0 Å². The van der Waals surface area contributed by atoms with Gasteiger partial charge in [0.25, 0.3) is 0 Å². The van der Waals surface area contributed by atoms with Crippen LogP contribution in [0.2, 0.25) is 0 Å². The molecule has 0 bridgehead atoms. The molecule has 0 spiro atoms. The maximum Gasteiger partial charge on any atom is 0.214 e. The number of hydrogen-bond acceptors (Lipinski definition) is 3. The maximum atomic E-state index is 11.7. The minimum absolute atomic E-state index is 0. The molecule has 0 saturated carbocycles. The van der Waals surface area contributed by atoms with Crippen LogP contribution in [-0.4, -0.2) is 56.7 Å². The lowest BCUT2D eigenvalue weighted by Gasteiger charge is -2.17. The molecule has 1 saturated heterocycles. The summed E-state index contributed by atoms with van der Waals surface area (Å²) in [5, 5.41) is 6.57. The van der Waals surface area contributed by atoms with Crippen molar-refractivity contribution in [2.45, 2.75) is 32.2 Å². The lowest BCUT2D eigenvalue weighted by Crippen LogP contribution is -2.43. The SMILES string of the molecule is CCNC(=NCCN1CCCS1(=O)=O)NC1CC=CC1.I. The van der Waals surface area contributed by atoms with E-state index in [1.807, 2.05) is 6.92 Å². The minimum Gasteiger partial charge on any atom is -0.357 e. The van der Waals surface area contributed by atoms with Gasteiger partial charge in [0.15, 0.2) is 5.96 Å². The Kier molecular flexibility index (Phi) is 7.96. The van der Waals surface area contributed by atoms with Crippen LogP contribution in [-0.2, 0) is 10.0 Å². The van der Waals surface area contributed by atoms with Gasteiger partial charge in [0.05, 0.1) is 12.3 Å². The van der Waals surface area contributed by atoms with Crippen molar-refractivity contribution in [3.63, 3.8) is 0 Å². The summed E-state index contributed by atoms with van der Waals surface area (Å²) in [4.78, 5) is 4.47. The Hall–Kier alpha value is -0.350. The number of aliphatic imine (C=N–C) groups is 1. The molecule has 21 heavy (non-hydrogen) atoms. The molecule has 0 aromatic heterocycles. The van der Waals surface area contributed by atoms with Crippen LogP contribution in [0.5, 0.6) is 0 Å². The first-order valence-corrected chi connectivity index (χ1v) is 8.90. The van der Waals surface area contributed by atoms with Crippen molar-refractivity contribution in [2.24, 2.45) is 4.99 Å². The maximum absolute atomic E-state index is 11.7. The van der Waals surface area contributed by atoms with E-state index in [1.54, 1.807) is 0 Å². The molecule has 0 amide bonds. The summed E-state index contributed by atoms with van der Waals surface area (Å²) in [7, 11) is -3.01. The molecule has 0 aromatic carbocycles. The molecule has 1 heterocycles. The average Bonchev–Trinajstić information content (AvgIpc) is 3.00. The van der Waals surface area contributed by atoms with Crippen molar-refractivity contribution in [1.82, 2.24) is 14.9 Å². The number of halogens is 1. The third kappa shape index (κ3) is 5.74. The lowest BCUT2D eigenvalue weighted by molar-refractivity contribution is 0.451. The summed E-state index contributed by atoms with van der Waals surface area (Å²) < 4.78 is 24.9. The Morgan fingerprint density at radius 3 is 2.67 bits per heavy atom. The third-order valence-corrected chi connectivity index (χ3v) is 5.47. The smallest absolute Gasteiger partial charge is 0.214 e. The van der Waals surface area contributed by atoms with Gasteiger partial charge in [-0.3, -0.25) is 4.99 Å². The number of guanidine groups is 1. The van der Waals surface area contributed by atoms with Crippen molar-refractivity contribution in [3.8, 4) is 0 Å². The highest BCUT2D eigenvalue weighted by Crippen LogP contribution is 2.12. The number of rotatable bonds is 5. The highest BCUT2D eigenvalue weighted by atomic mass is 127. The van der Waals surface area contributed by atoms with E-state index in [1.165, 1.54) is 4.31 Å². The van der Waals surface area contributed by atoms with Crippen molar-refractivity contribution >= 4 is 40.0 Å². The van der Waals surface area contributed by atoms with E-state index in [2.05, 4.69) is 27.8 Å². The molecule has 1 aliphatic heterocycles. The second kappa shape index (κ2) is 8.94. The number of nitrogens with one attached hydrogen (secondary N) is 2. The summed E-state index contributed by atoms with van der Waals surface area (Å²) in [6.45, 7) is 4.42. The summed E-state index contributed by atoms with van der Waals surface area (Å²) >= 11 is 0. The molecule has 0 aromatic rings. The molecular weight excluding hydrogens is 403 g/mol. The van der Waals surface area contributed by atoms with E-state index in [0.29, 0.717) is 25.7 Å². The quantitative estimate of drug-likeness (QED) is 0.296. The van der Waals surface area contributed by atoms with Gasteiger partial charge in [0.1, 0.15) is 0 Å². The fraction of sp³-hybridized carbons (Fsp3) is 0.769. The van der Waals surface area contributed by atoms with Gasteiger partial charge in [0, 0.05) is 25.7 Å². The molecule has 2 N–H and O–H groups in total. The van der Waals surface area contributed by atoms with Crippen LogP contribution in [0.25, 0.3) is 0 Å². The fourth-order valence-electron chi connectivity index (χ4n) is 2.46. The highest BCUT2D eigenvalue weighted by Gasteiger charge is 2.27. The topological polar surface area (TPSA) is 73.8 Å². The normalized spacial score (nSPS) is 22.2. The van der Waals surface area contributed by atoms with Gasteiger partial charge in [-0.1, -0.05) is 12.2 Å². The summed E-state index contributed by atoms with van der Waals surface area (Å²) in [6, 6.07) is 0.406. The van der Waals surface area contributed by atoms with Gasteiger partial charge >= 0.3 is 0 Å². The van der Waals surface area contributed by atoms with Crippen molar-refractivity contribution in [1.29, 1.82) is 0 Å². The van der Waals surface area contributed by atoms with Crippen LogP contribution in [0.1, 0.15) is 26.2 Å². The Bertz CT molecular complexity index is 471. The van der Waals surface area contributed by atoms with Crippen molar-refractivity contribution < 1.29 is 8.42 Å². The summed E-state index contributed by atoms with van der Waals surface area (Å²) in [5.41, 5.74) is 0. The largest absolute Gasteiger partial charge is 0.357 e. The Balaban J connectivity index is 0.00000220. The van der Waals surface area contributed by atoms with E-state index in [4.69, 9.17) is 0 Å². The molecule has 1 aliphatic carbocycles. The van der Waals surface area contributed by atoms with Crippen LogP contribution >= 0.6 is 24.0 Å². The second-order valence-corrected chi connectivity index (χ2v) is 7.20. The monoisotopic (exact) mass is 428 g/mol. The van der Waals surface area contributed by atoms with Gasteiger partial charge in [-0.25, -0.2) is 12.7 Å². The van der Waals surface area contributed by atoms with E-state index in [-0.39, 0.29) is 29.7 Å². The van der Waals surface area contributed by atoms with Crippen molar-refractivity contribution in [2.75, 3.05) is 31.9 Å². The summed E-state index contributed by atoms with van der Waals surface area (Å²) in [6.07, 6.45) is 7.10. The third-order valence-electron chi connectivity index (χ3n) is 3.52. The Labute approximate surface area is 144 Å². The van der Waals surface area contributed by atoms with Gasteiger partial charge < -0.3 is 10.6 Å². The van der Waals surface area contributed by atoms with Crippen LogP contribution < -0.4 is 10.6 Å². The van der Waals surface area contributed by atoms with Crippen molar-refractivity contribution in [3.05, 3.63) is 12.2 Å². The van der Waals surface area contributed by atoms with E-state index < -0.39 is 10.0 Å². The molecule has 0 unspecified atom stereocenters.